The Morgan fingerprint density at radius 2 is 2.22 bits per heavy atom. The van der Waals surface area contributed by atoms with Gasteiger partial charge in [0.25, 0.3) is 0 Å². The highest BCUT2D eigenvalue weighted by molar-refractivity contribution is 5.76. The Balaban J connectivity index is 2.83. The predicted octanol–water partition coefficient (Wildman–Crippen LogP) is 2.23. The molecule has 6 heteroatoms. The molecule has 1 rings (SSSR count). The Bertz CT molecular complexity index is 412. The van der Waals surface area contributed by atoms with Crippen LogP contribution < -0.4 is 5.32 Å². The number of anilines is 1. The average Bonchev–Trinajstić information content (AvgIpc) is 2.36. The Morgan fingerprint density at radius 1 is 1.50 bits per heavy atom. The number of carbonyl (C=O) groups is 1. The summed E-state index contributed by atoms with van der Waals surface area (Å²) in [7, 11) is 0. The number of unbranched alkanes of at least 4 members (excludes halogenated alkanes) is 1. The zero-order valence-electron chi connectivity index (χ0n) is 10.6. The third-order valence-electron chi connectivity index (χ3n) is 2.65. The topological polar surface area (TPSA) is 75.1 Å². The number of hydrogen-bond donors (Lipinski definition) is 2. The maximum atomic E-state index is 13.8. The largest absolute Gasteiger partial charge is 0.480 e. The number of nitrogens with one attached hydrogen (secondary N) is 1. The third-order valence-corrected chi connectivity index (χ3v) is 2.65. The van der Waals surface area contributed by atoms with E-state index in [1.165, 1.54) is 6.33 Å². The lowest BCUT2D eigenvalue weighted by Gasteiger charge is -2.15. The molecule has 1 heterocycles. The molecule has 2 N–H and O–H groups in total. The number of rotatable bonds is 7. The zero-order valence-corrected chi connectivity index (χ0v) is 10.6. The minimum Gasteiger partial charge on any atom is -0.480 e. The smallest absolute Gasteiger partial charge is 0.326 e. The van der Waals surface area contributed by atoms with Crippen LogP contribution in [0.2, 0.25) is 0 Å². The molecular weight excluding hydrogens is 237 g/mol. The molecule has 0 aliphatic heterocycles. The van der Waals surface area contributed by atoms with E-state index >= 15 is 0 Å². The molecule has 0 bridgehead atoms. The Hall–Kier alpha value is -1.72. The first kappa shape index (κ1) is 14.3. The van der Waals surface area contributed by atoms with Crippen molar-refractivity contribution >= 4 is 11.8 Å². The number of aromatic nitrogens is 2. The highest BCUT2D eigenvalue weighted by Crippen LogP contribution is 2.16. The molecule has 100 valence electrons. The molecule has 0 aliphatic rings. The van der Waals surface area contributed by atoms with Crippen LogP contribution >= 0.6 is 0 Å². The maximum Gasteiger partial charge on any atom is 0.326 e. The monoisotopic (exact) mass is 255 g/mol. The molecule has 5 nitrogen and oxygen atoms in total. The van der Waals surface area contributed by atoms with E-state index in [1.807, 2.05) is 6.92 Å². The van der Waals surface area contributed by atoms with Crippen LogP contribution in [0.1, 0.15) is 38.8 Å². The van der Waals surface area contributed by atoms with Gasteiger partial charge >= 0.3 is 5.97 Å². The Kier molecular flexibility index (Phi) is 5.48. The second kappa shape index (κ2) is 6.88. The van der Waals surface area contributed by atoms with Crippen LogP contribution in [-0.4, -0.2) is 27.1 Å². The number of aryl methyl sites for hydroxylation is 1. The van der Waals surface area contributed by atoms with E-state index in [9.17, 15) is 9.18 Å². The second-order valence-corrected chi connectivity index (χ2v) is 4.01. The first-order valence-corrected chi connectivity index (χ1v) is 6.08. The summed E-state index contributed by atoms with van der Waals surface area (Å²) in [5.74, 6) is -1.60. The summed E-state index contributed by atoms with van der Waals surface area (Å²) in [4.78, 5) is 18.6. The van der Waals surface area contributed by atoms with Crippen molar-refractivity contribution in [2.75, 3.05) is 5.32 Å². The van der Waals surface area contributed by atoms with Gasteiger partial charge in [0, 0.05) is 0 Å². The van der Waals surface area contributed by atoms with E-state index in [0.717, 1.165) is 12.8 Å². The zero-order chi connectivity index (χ0) is 13.5. The summed E-state index contributed by atoms with van der Waals surface area (Å²) in [6.45, 7) is 3.75. The molecule has 0 saturated heterocycles. The van der Waals surface area contributed by atoms with Crippen molar-refractivity contribution in [3.63, 3.8) is 0 Å². The van der Waals surface area contributed by atoms with Gasteiger partial charge < -0.3 is 10.4 Å². The van der Waals surface area contributed by atoms with Gasteiger partial charge in [-0.05, 0) is 12.8 Å². The number of carboxylic acid groups (broad SMARTS) is 1. The first-order valence-electron chi connectivity index (χ1n) is 6.08. The molecule has 1 aromatic rings. The molecule has 0 radical (unpaired) electrons. The highest BCUT2D eigenvalue weighted by Gasteiger charge is 2.19. The minimum atomic E-state index is -1.00. The van der Waals surface area contributed by atoms with E-state index < -0.39 is 17.8 Å². The molecule has 1 unspecified atom stereocenters. The standard InChI is InChI=1S/C12H18FN3O2/c1-3-5-6-9(12(17)18)16-11-10(13)8(4-2)14-7-15-11/h7,9H,3-6H2,1-2H3,(H,17,18)(H,14,15,16). The molecule has 0 amide bonds. The highest BCUT2D eigenvalue weighted by atomic mass is 19.1. The summed E-state index contributed by atoms with van der Waals surface area (Å²) >= 11 is 0. The van der Waals surface area contributed by atoms with E-state index in [4.69, 9.17) is 5.11 Å². The number of nitrogens with zero attached hydrogens (tertiary/aromatic N) is 2. The molecular formula is C12H18FN3O2. The van der Waals surface area contributed by atoms with Crippen LogP contribution in [0.3, 0.4) is 0 Å². The summed E-state index contributed by atoms with van der Waals surface area (Å²) < 4.78 is 13.8. The molecule has 0 aromatic carbocycles. The summed E-state index contributed by atoms with van der Waals surface area (Å²) in [5.41, 5.74) is 0.284. The second-order valence-electron chi connectivity index (χ2n) is 4.01. The third kappa shape index (κ3) is 3.65. The van der Waals surface area contributed by atoms with Gasteiger partial charge in [0.05, 0.1) is 5.69 Å². The van der Waals surface area contributed by atoms with E-state index in [0.29, 0.717) is 12.8 Å². The van der Waals surface area contributed by atoms with Gasteiger partial charge in [-0.1, -0.05) is 26.7 Å². The van der Waals surface area contributed by atoms with Gasteiger partial charge in [-0.2, -0.15) is 0 Å². The SMILES string of the molecule is CCCCC(Nc1ncnc(CC)c1F)C(=O)O. The Labute approximate surface area is 105 Å². The molecule has 1 atom stereocenters. The maximum absolute atomic E-state index is 13.8. The van der Waals surface area contributed by atoms with Crippen molar-refractivity contribution in [3.8, 4) is 0 Å². The van der Waals surface area contributed by atoms with Gasteiger partial charge in [0.15, 0.2) is 11.6 Å². The van der Waals surface area contributed by atoms with E-state index in [2.05, 4.69) is 15.3 Å². The predicted molar refractivity (Wildman–Crippen MR) is 65.9 cm³/mol. The van der Waals surface area contributed by atoms with Crippen molar-refractivity contribution in [1.29, 1.82) is 0 Å². The average molecular weight is 255 g/mol. The van der Waals surface area contributed by atoms with Gasteiger partial charge in [0.1, 0.15) is 12.4 Å². The van der Waals surface area contributed by atoms with Crippen molar-refractivity contribution in [1.82, 2.24) is 9.97 Å². The summed E-state index contributed by atoms with van der Waals surface area (Å²) in [6, 6.07) is -0.820. The van der Waals surface area contributed by atoms with Crippen LogP contribution in [0.5, 0.6) is 0 Å². The lowest BCUT2D eigenvalue weighted by atomic mass is 10.1. The quantitative estimate of drug-likeness (QED) is 0.781. The van der Waals surface area contributed by atoms with E-state index in [-0.39, 0.29) is 11.5 Å². The van der Waals surface area contributed by atoms with Crippen LogP contribution in [-0.2, 0) is 11.2 Å². The minimum absolute atomic E-state index is 0.0367. The lowest BCUT2D eigenvalue weighted by Crippen LogP contribution is -2.30. The molecule has 1 aromatic heterocycles. The van der Waals surface area contributed by atoms with Gasteiger partial charge in [-0.15, -0.1) is 0 Å². The van der Waals surface area contributed by atoms with Gasteiger partial charge in [0.2, 0.25) is 0 Å². The molecule has 0 spiro atoms. The van der Waals surface area contributed by atoms with Crippen LogP contribution in [0.4, 0.5) is 10.2 Å². The van der Waals surface area contributed by atoms with Crippen molar-refractivity contribution in [3.05, 3.63) is 17.8 Å². The number of hydrogen-bond acceptors (Lipinski definition) is 4. The Morgan fingerprint density at radius 3 is 2.78 bits per heavy atom. The molecule has 0 saturated carbocycles. The van der Waals surface area contributed by atoms with Crippen LogP contribution in [0.25, 0.3) is 0 Å². The lowest BCUT2D eigenvalue weighted by molar-refractivity contribution is -0.138. The fourth-order valence-corrected chi connectivity index (χ4v) is 1.58. The van der Waals surface area contributed by atoms with Crippen LogP contribution in [0.15, 0.2) is 6.33 Å². The summed E-state index contributed by atoms with van der Waals surface area (Å²) in [5, 5.41) is 11.7. The van der Waals surface area contributed by atoms with Crippen molar-refractivity contribution in [2.24, 2.45) is 0 Å². The summed E-state index contributed by atoms with van der Waals surface area (Å²) in [6.07, 6.45) is 3.77. The molecule has 0 fully saturated rings. The van der Waals surface area contributed by atoms with Gasteiger partial charge in [-0.25, -0.2) is 19.2 Å². The van der Waals surface area contributed by atoms with Crippen LogP contribution in [0, 0.1) is 5.82 Å². The van der Waals surface area contributed by atoms with Crippen molar-refractivity contribution in [2.45, 2.75) is 45.6 Å². The molecule has 18 heavy (non-hydrogen) atoms. The van der Waals surface area contributed by atoms with E-state index in [1.54, 1.807) is 6.92 Å². The number of carboxylic acids is 1. The fraction of sp³-hybridized carbons (Fsp3) is 0.583. The first-order chi connectivity index (χ1) is 8.60. The number of halogens is 1. The number of aliphatic carboxylic acids is 1. The van der Waals surface area contributed by atoms with Gasteiger partial charge in [-0.3, -0.25) is 0 Å². The fourth-order valence-electron chi connectivity index (χ4n) is 1.58. The van der Waals surface area contributed by atoms with Crippen molar-refractivity contribution < 1.29 is 14.3 Å². The molecule has 0 aliphatic carbocycles. The normalized spacial score (nSPS) is 12.2.